The van der Waals surface area contributed by atoms with E-state index in [0.29, 0.717) is 36.4 Å². The van der Waals surface area contributed by atoms with Crippen molar-refractivity contribution in [1.82, 2.24) is 5.32 Å². The van der Waals surface area contributed by atoms with E-state index < -0.39 is 17.0 Å². The second-order valence-corrected chi connectivity index (χ2v) is 7.35. The van der Waals surface area contributed by atoms with Crippen molar-refractivity contribution < 1.29 is 23.0 Å². The Morgan fingerprint density at radius 1 is 1.14 bits per heavy atom. The second-order valence-electron chi connectivity index (χ2n) is 7.35. The van der Waals surface area contributed by atoms with Crippen LogP contribution in [-0.4, -0.2) is 26.7 Å². The van der Waals surface area contributed by atoms with Gasteiger partial charge in [-0.2, -0.15) is 0 Å². The molecule has 0 spiro atoms. The molecule has 3 rings (SSSR count). The van der Waals surface area contributed by atoms with Crippen molar-refractivity contribution in [3.63, 3.8) is 0 Å². The van der Waals surface area contributed by atoms with Crippen molar-refractivity contribution in [2.75, 3.05) is 20.8 Å². The van der Waals surface area contributed by atoms with E-state index in [4.69, 9.17) is 9.47 Å². The number of hydrogen-bond acceptors (Lipinski definition) is 3. The van der Waals surface area contributed by atoms with Crippen molar-refractivity contribution in [3.05, 3.63) is 59.2 Å². The van der Waals surface area contributed by atoms with Gasteiger partial charge in [-0.1, -0.05) is 19.1 Å². The Morgan fingerprint density at radius 3 is 2.46 bits per heavy atom. The molecule has 0 saturated heterocycles. The lowest BCUT2D eigenvalue weighted by Crippen LogP contribution is -2.34. The van der Waals surface area contributed by atoms with Crippen LogP contribution in [-0.2, 0) is 16.6 Å². The van der Waals surface area contributed by atoms with Gasteiger partial charge in [-0.3, -0.25) is 4.79 Å². The molecule has 1 N–H and O–H groups in total. The average Bonchev–Trinajstić information content (AvgIpc) is 3.34. The summed E-state index contributed by atoms with van der Waals surface area (Å²) in [6.45, 7) is 2.36. The summed E-state index contributed by atoms with van der Waals surface area (Å²) in [7, 11) is 3.14. The Hall–Kier alpha value is -2.63. The van der Waals surface area contributed by atoms with Crippen LogP contribution in [0.15, 0.2) is 36.4 Å². The number of amides is 1. The zero-order valence-electron chi connectivity index (χ0n) is 16.4. The number of ether oxygens (including phenoxy) is 2. The predicted molar refractivity (Wildman–Crippen MR) is 103 cm³/mol. The first kappa shape index (κ1) is 20.1. The van der Waals surface area contributed by atoms with Crippen LogP contribution in [0.5, 0.6) is 11.5 Å². The summed E-state index contributed by atoms with van der Waals surface area (Å²) in [6, 6.07) is 9.22. The standard InChI is InChI=1S/C22H25F2NO3/c1-14-12-22(14,17-7-6-16(23)11-18(17)24)13-25-21(26)9-5-15-4-8-19(27-2)20(10-15)28-3/h4,6-8,10-11,14H,5,9,12-13H2,1-3H3,(H,25,26). The van der Waals surface area contributed by atoms with Gasteiger partial charge < -0.3 is 14.8 Å². The van der Waals surface area contributed by atoms with E-state index in [1.165, 1.54) is 12.1 Å². The molecule has 1 aliphatic rings. The third-order valence-electron chi connectivity index (χ3n) is 5.61. The van der Waals surface area contributed by atoms with Gasteiger partial charge in [0.15, 0.2) is 11.5 Å². The molecule has 150 valence electrons. The number of rotatable bonds is 8. The van der Waals surface area contributed by atoms with E-state index in [-0.39, 0.29) is 11.8 Å². The maximum Gasteiger partial charge on any atom is 0.220 e. The Labute approximate surface area is 163 Å². The minimum atomic E-state index is -0.594. The molecule has 1 saturated carbocycles. The van der Waals surface area contributed by atoms with Crippen LogP contribution in [0, 0.1) is 17.6 Å². The van der Waals surface area contributed by atoms with Gasteiger partial charge in [0.2, 0.25) is 5.91 Å². The molecule has 1 fully saturated rings. The average molecular weight is 389 g/mol. The third kappa shape index (κ3) is 4.11. The zero-order chi connectivity index (χ0) is 20.3. The third-order valence-corrected chi connectivity index (χ3v) is 5.61. The summed E-state index contributed by atoms with van der Waals surface area (Å²) in [6.07, 6.45) is 1.64. The molecule has 2 atom stereocenters. The highest BCUT2D eigenvalue weighted by Crippen LogP contribution is 2.54. The molecule has 0 bridgehead atoms. The highest BCUT2D eigenvalue weighted by molar-refractivity contribution is 5.76. The molecule has 28 heavy (non-hydrogen) atoms. The van der Waals surface area contributed by atoms with Crippen LogP contribution < -0.4 is 14.8 Å². The van der Waals surface area contributed by atoms with Gasteiger partial charge in [0.1, 0.15) is 11.6 Å². The fourth-order valence-corrected chi connectivity index (χ4v) is 3.74. The maximum atomic E-state index is 14.2. The lowest BCUT2D eigenvalue weighted by molar-refractivity contribution is -0.121. The monoisotopic (exact) mass is 389 g/mol. The molecule has 4 nitrogen and oxygen atoms in total. The number of carbonyl (C=O) groups excluding carboxylic acids is 1. The second kappa shape index (κ2) is 8.17. The van der Waals surface area contributed by atoms with Crippen molar-refractivity contribution in [3.8, 4) is 11.5 Å². The first-order valence-corrected chi connectivity index (χ1v) is 9.32. The fourth-order valence-electron chi connectivity index (χ4n) is 3.74. The van der Waals surface area contributed by atoms with E-state index in [2.05, 4.69) is 5.32 Å². The van der Waals surface area contributed by atoms with Crippen molar-refractivity contribution >= 4 is 5.91 Å². The number of carbonyl (C=O) groups is 1. The van der Waals surface area contributed by atoms with Gasteiger partial charge in [0.25, 0.3) is 0 Å². The van der Waals surface area contributed by atoms with Gasteiger partial charge in [-0.15, -0.1) is 0 Å². The molecule has 2 unspecified atom stereocenters. The normalized spacial score (nSPS) is 20.5. The molecule has 6 heteroatoms. The number of nitrogens with one attached hydrogen (secondary N) is 1. The molecular weight excluding hydrogens is 364 g/mol. The molecule has 1 aliphatic carbocycles. The lowest BCUT2D eigenvalue weighted by atomic mass is 9.92. The van der Waals surface area contributed by atoms with E-state index in [1.807, 2.05) is 25.1 Å². The number of hydrogen-bond donors (Lipinski definition) is 1. The lowest BCUT2D eigenvalue weighted by Gasteiger charge is -2.19. The van der Waals surface area contributed by atoms with E-state index in [0.717, 1.165) is 18.1 Å². The van der Waals surface area contributed by atoms with Crippen LogP contribution in [0.1, 0.15) is 30.9 Å². The van der Waals surface area contributed by atoms with E-state index >= 15 is 0 Å². The summed E-state index contributed by atoms with van der Waals surface area (Å²) in [5.41, 5.74) is 0.991. The minimum absolute atomic E-state index is 0.101. The van der Waals surface area contributed by atoms with Crippen LogP contribution in [0.25, 0.3) is 0 Å². The van der Waals surface area contributed by atoms with Gasteiger partial charge in [-0.05, 0) is 48.1 Å². The number of methoxy groups -OCH3 is 2. The fraction of sp³-hybridized carbons (Fsp3) is 0.409. The van der Waals surface area contributed by atoms with Gasteiger partial charge in [-0.25, -0.2) is 8.78 Å². The SMILES string of the molecule is COc1ccc(CCC(=O)NCC2(c3ccc(F)cc3F)CC2C)cc1OC. The smallest absolute Gasteiger partial charge is 0.220 e. The Balaban J connectivity index is 1.58. The van der Waals surface area contributed by atoms with Crippen molar-refractivity contribution in [2.45, 2.75) is 31.6 Å². The minimum Gasteiger partial charge on any atom is -0.493 e. The highest BCUT2D eigenvalue weighted by atomic mass is 19.1. The zero-order valence-corrected chi connectivity index (χ0v) is 16.4. The molecule has 2 aromatic rings. The van der Waals surface area contributed by atoms with Crippen LogP contribution in [0.3, 0.4) is 0 Å². The molecule has 0 aromatic heterocycles. The van der Waals surface area contributed by atoms with Gasteiger partial charge in [0, 0.05) is 24.4 Å². The molecule has 1 amide bonds. The van der Waals surface area contributed by atoms with Crippen LogP contribution in [0.4, 0.5) is 8.78 Å². The summed E-state index contributed by atoms with van der Waals surface area (Å²) in [4.78, 5) is 12.3. The Morgan fingerprint density at radius 2 is 1.86 bits per heavy atom. The topological polar surface area (TPSA) is 47.6 Å². The molecule has 0 aliphatic heterocycles. The van der Waals surface area contributed by atoms with Gasteiger partial charge in [0.05, 0.1) is 14.2 Å². The molecular formula is C22H25F2NO3. The number of halogens is 2. The Bertz CT molecular complexity index is 871. The summed E-state index contributed by atoms with van der Waals surface area (Å²) in [5.74, 6) is 0.251. The Kier molecular flexibility index (Phi) is 5.87. The largest absolute Gasteiger partial charge is 0.493 e. The van der Waals surface area contributed by atoms with Crippen LogP contribution >= 0.6 is 0 Å². The summed E-state index contributed by atoms with van der Waals surface area (Å²) in [5, 5.41) is 2.92. The first-order valence-electron chi connectivity index (χ1n) is 9.32. The summed E-state index contributed by atoms with van der Waals surface area (Å²) < 4.78 is 37.9. The molecule has 2 aromatic carbocycles. The number of aryl methyl sites for hydroxylation is 1. The van der Waals surface area contributed by atoms with Crippen molar-refractivity contribution in [1.29, 1.82) is 0 Å². The molecule has 0 heterocycles. The van der Waals surface area contributed by atoms with Gasteiger partial charge >= 0.3 is 0 Å². The highest BCUT2D eigenvalue weighted by Gasteiger charge is 2.53. The number of benzene rings is 2. The van der Waals surface area contributed by atoms with E-state index in [1.54, 1.807) is 14.2 Å². The van der Waals surface area contributed by atoms with Crippen molar-refractivity contribution in [2.24, 2.45) is 5.92 Å². The summed E-state index contributed by atoms with van der Waals surface area (Å²) >= 11 is 0. The predicted octanol–water partition coefficient (Wildman–Crippen LogP) is 4.01. The first-order chi connectivity index (χ1) is 13.4. The quantitative estimate of drug-likeness (QED) is 0.742. The van der Waals surface area contributed by atoms with Crippen LogP contribution in [0.2, 0.25) is 0 Å². The van der Waals surface area contributed by atoms with E-state index in [9.17, 15) is 13.6 Å². The maximum absolute atomic E-state index is 14.2. The molecule has 0 radical (unpaired) electrons.